The predicted molar refractivity (Wildman–Crippen MR) is 50.3 cm³/mol. The summed E-state index contributed by atoms with van der Waals surface area (Å²) in [7, 11) is 0. The highest BCUT2D eigenvalue weighted by molar-refractivity contribution is 5.97. The molecule has 0 aliphatic rings. The SMILES string of the molecule is C[C@H](NC(=O)c1cccnc1F)C(N)=O. The van der Waals surface area contributed by atoms with E-state index in [1.807, 2.05) is 0 Å². The number of carbonyl (C=O) groups excluding carboxylic acids is 2. The zero-order chi connectivity index (χ0) is 11.4. The number of amides is 2. The van der Waals surface area contributed by atoms with E-state index in [-0.39, 0.29) is 5.56 Å². The molecule has 0 bridgehead atoms. The number of hydrogen-bond acceptors (Lipinski definition) is 3. The van der Waals surface area contributed by atoms with E-state index >= 15 is 0 Å². The molecular weight excluding hydrogens is 201 g/mol. The van der Waals surface area contributed by atoms with Gasteiger partial charge in [-0.3, -0.25) is 9.59 Å². The van der Waals surface area contributed by atoms with Crippen LogP contribution in [0.3, 0.4) is 0 Å². The van der Waals surface area contributed by atoms with Crippen LogP contribution >= 0.6 is 0 Å². The molecular formula is C9H10FN3O2. The Bertz CT molecular complexity index is 395. The van der Waals surface area contributed by atoms with Gasteiger partial charge in [-0.2, -0.15) is 4.39 Å². The van der Waals surface area contributed by atoms with E-state index in [0.29, 0.717) is 0 Å². The Labute approximate surface area is 85.5 Å². The lowest BCUT2D eigenvalue weighted by atomic mass is 10.2. The Kier molecular flexibility index (Phi) is 3.33. The van der Waals surface area contributed by atoms with Gasteiger partial charge in [0.25, 0.3) is 5.91 Å². The van der Waals surface area contributed by atoms with Crippen LogP contribution in [0.25, 0.3) is 0 Å². The number of primary amides is 1. The van der Waals surface area contributed by atoms with E-state index in [1.54, 1.807) is 0 Å². The zero-order valence-corrected chi connectivity index (χ0v) is 8.03. The predicted octanol–water partition coefficient (Wildman–Crippen LogP) is -0.176. The molecule has 1 aromatic rings. The third kappa shape index (κ3) is 2.73. The van der Waals surface area contributed by atoms with Crippen molar-refractivity contribution < 1.29 is 14.0 Å². The number of nitrogens with two attached hydrogens (primary N) is 1. The van der Waals surface area contributed by atoms with Crippen molar-refractivity contribution in [3.63, 3.8) is 0 Å². The van der Waals surface area contributed by atoms with Gasteiger partial charge in [-0.05, 0) is 19.1 Å². The highest BCUT2D eigenvalue weighted by atomic mass is 19.1. The number of nitrogens with zero attached hydrogens (tertiary/aromatic N) is 1. The third-order valence-electron chi connectivity index (χ3n) is 1.78. The van der Waals surface area contributed by atoms with Gasteiger partial charge in [0.05, 0.1) is 5.56 Å². The van der Waals surface area contributed by atoms with Crippen LogP contribution < -0.4 is 11.1 Å². The summed E-state index contributed by atoms with van der Waals surface area (Å²) < 4.78 is 13.0. The Balaban J connectivity index is 2.78. The number of pyridine rings is 1. The largest absolute Gasteiger partial charge is 0.368 e. The number of halogens is 1. The molecule has 0 aromatic carbocycles. The molecule has 6 heteroatoms. The molecule has 0 saturated heterocycles. The van der Waals surface area contributed by atoms with Crippen molar-refractivity contribution in [1.82, 2.24) is 10.3 Å². The van der Waals surface area contributed by atoms with Crippen molar-refractivity contribution in [1.29, 1.82) is 0 Å². The molecule has 5 nitrogen and oxygen atoms in total. The Morgan fingerprint density at radius 1 is 1.60 bits per heavy atom. The van der Waals surface area contributed by atoms with Gasteiger partial charge >= 0.3 is 0 Å². The quantitative estimate of drug-likeness (QED) is 0.680. The lowest BCUT2D eigenvalue weighted by Crippen LogP contribution is -2.42. The standard InChI is InChI=1S/C9H10FN3O2/c1-5(8(11)14)13-9(15)6-3-2-4-12-7(6)10/h2-5H,1H3,(H2,11,14)(H,13,15)/t5-/m0/s1. The lowest BCUT2D eigenvalue weighted by Gasteiger charge is -2.09. The van der Waals surface area contributed by atoms with Crippen LogP contribution in [-0.2, 0) is 4.79 Å². The summed E-state index contributed by atoms with van der Waals surface area (Å²) in [6, 6.07) is 1.84. The van der Waals surface area contributed by atoms with Gasteiger partial charge in [0.2, 0.25) is 11.9 Å². The lowest BCUT2D eigenvalue weighted by molar-refractivity contribution is -0.119. The molecule has 1 atom stereocenters. The minimum atomic E-state index is -0.883. The van der Waals surface area contributed by atoms with Gasteiger partial charge in [-0.1, -0.05) is 0 Å². The van der Waals surface area contributed by atoms with Crippen molar-refractivity contribution in [2.75, 3.05) is 0 Å². The van der Waals surface area contributed by atoms with Gasteiger partial charge in [0.15, 0.2) is 0 Å². The highest BCUT2D eigenvalue weighted by Gasteiger charge is 2.16. The van der Waals surface area contributed by atoms with Crippen LogP contribution in [-0.4, -0.2) is 22.8 Å². The minimum absolute atomic E-state index is 0.217. The number of aromatic nitrogens is 1. The summed E-state index contributed by atoms with van der Waals surface area (Å²) in [5, 5.41) is 2.24. The average molecular weight is 211 g/mol. The summed E-state index contributed by atoms with van der Waals surface area (Å²) in [6.45, 7) is 1.41. The molecule has 0 radical (unpaired) electrons. The van der Waals surface area contributed by atoms with Crippen LogP contribution in [0, 0.1) is 5.95 Å². The first-order valence-corrected chi connectivity index (χ1v) is 4.23. The molecule has 0 unspecified atom stereocenters. The topological polar surface area (TPSA) is 85.1 Å². The fraction of sp³-hybridized carbons (Fsp3) is 0.222. The van der Waals surface area contributed by atoms with Gasteiger partial charge < -0.3 is 11.1 Å². The normalized spacial score (nSPS) is 11.9. The first-order chi connectivity index (χ1) is 7.02. The summed E-state index contributed by atoms with van der Waals surface area (Å²) in [4.78, 5) is 25.3. The van der Waals surface area contributed by atoms with Crippen LogP contribution in [0.15, 0.2) is 18.3 Å². The molecule has 0 saturated carbocycles. The second kappa shape index (κ2) is 4.50. The molecule has 80 valence electrons. The molecule has 1 rings (SSSR count). The Morgan fingerprint density at radius 2 is 2.27 bits per heavy atom. The molecule has 0 fully saturated rings. The smallest absolute Gasteiger partial charge is 0.256 e. The van der Waals surface area contributed by atoms with Crippen LogP contribution in [0.5, 0.6) is 0 Å². The van der Waals surface area contributed by atoms with E-state index in [0.717, 1.165) is 0 Å². The molecule has 3 N–H and O–H groups in total. The van der Waals surface area contributed by atoms with Gasteiger partial charge in [-0.25, -0.2) is 4.98 Å². The van der Waals surface area contributed by atoms with Crippen molar-refractivity contribution in [2.45, 2.75) is 13.0 Å². The molecule has 0 aliphatic carbocycles. The molecule has 1 aromatic heterocycles. The maximum absolute atomic E-state index is 13.0. The summed E-state index contributed by atoms with van der Waals surface area (Å²) >= 11 is 0. The average Bonchev–Trinajstić information content (AvgIpc) is 2.18. The van der Waals surface area contributed by atoms with Gasteiger partial charge in [0, 0.05) is 6.20 Å². The van der Waals surface area contributed by atoms with Crippen molar-refractivity contribution >= 4 is 11.8 Å². The van der Waals surface area contributed by atoms with Gasteiger partial charge in [-0.15, -0.1) is 0 Å². The molecule has 15 heavy (non-hydrogen) atoms. The molecule has 1 heterocycles. The molecule has 2 amide bonds. The van der Waals surface area contributed by atoms with E-state index in [2.05, 4.69) is 10.3 Å². The maximum Gasteiger partial charge on any atom is 0.256 e. The highest BCUT2D eigenvalue weighted by Crippen LogP contribution is 2.02. The van der Waals surface area contributed by atoms with Crippen LogP contribution in [0.1, 0.15) is 17.3 Å². The second-order valence-corrected chi connectivity index (χ2v) is 2.94. The fourth-order valence-electron chi connectivity index (χ4n) is 0.901. The van der Waals surface area contributed by atoms with Crippen LogP contribution in [0.2, 0.25) is 0 Å². The summed E-state index contributed by atoms with van der Waals surface area (Å²) in [5.41, 5.74) is 4.72. The molecule has 0 spiro atoms. The zero-order valence-electron chi connectivity index (χ0n) is 8.03. The van der Waals surface area contributed by atoms with E-state index in [9.17, 15) is 14.0 Å². The minimum Gasteiger partial charge on any atom is -0.368 e. The van der Waals surface area contributed by atoms with Crippen molar-refractivity contribution in [2.24, 2.45) is 5.73 Å². The number of hydrogen-bond donors (Lipinski definition) is 2. The Hall–Kier alpha value is -1.98. The number of carbonyl (C=O) groups is 2. The summed E-state index contributed by atoms with van der Waals surface area (Å²) in [6.07, 6.45) is 1.23. The van der Waals surface area contributed by atoms with E-state index in [1.165, 1.54) is 25.3 Å². The first kappa shape index (κ1) is 11.1. The maximum atomic E-state index is 13.0. The first-order valence-electron chi connectivity index (χ1n) is 4.23. The van der Waals surface area contributed by atoms with E-state index < -0.39 is 23.8 Å². The Morgan fingerprint density at radius 3 is 2.80 bits per heavy atom. The third-order valence-corrected chi connectivity index (χ3v) is 1.78. The monoisotopic (exact) mass is 211 g/mol. The summed E-state index contributed by atoms with van der Waals surface area (Å²) in [5.74, 6) is -2.29. The van der Waals surface area contributed by atoms with Crippen LogP contribution in [0.4, 0.5) is 4.39 Å². The fourth-order valence-corrected chi connectivity index (χ4v) is 0.901. The van der Waals surface area contributed by atoms with Crippen molar-refractivity contribution in [3.05, 3.63) is 29.8 Å². The second-order valence-electron chi connectivity index (χ2n) is 2.94. The number of rotatable bonds is 3. The van der Waals surface area contributed by atoms with E-state index in [4.69, 9.17) is 5.73 Å². The van der Waals surface area contributed by atoms with Gasteiger partial charge in [0.1, 0.15) is 6.04 Å². The number of nitrogens with one attached hydrogen (secondary N) is 1. The molecule has 0 aliphatic heterocycles. The van der Waals surface area contributed by atoms with Crippen molar-refractivity contribution in [3.8, 4) is 0 Å².